The van der Waals surface area contributed by atoms with Crippen LogP contribution in [0.4, 0.5) is 0 Å². The Morgan fingerprint density at radius 3 is 2.76 bits per heavy atom. The van der Waals surface area contributed by atoms with Crippen molar-refractivity contribution in [2.24, 2.45) is 7.05 Å². The Morgan fingerprint density at radius 1 is 1.24 bits per heavy atom. The highest BCUT2D eigenvalue weighted by atomic mass is 16.5. The van der Waals surface area contributed by atoms with Crippen molar-refractivity contribution < 1.29 is 9.53 Å². The molecule has 1 saturated heterocycles. The number of aromatic nitrogens is 2. The molecule has 6 nitrogen and oxygen atoms in total. The quantitative estimate of drug-likeness (QED) is 0.856. The fraction of sp³-hybridized carbons (Fsp3) is 0.474. The van der Waals surface area contributed by atoms with Gasteiger partial charge in [-0.3, -0.25) is 14.4 Å². The average molecular weight is 340 g/mol. The number of amides is 1. The third kappa shape index (κ3) is 3.14. The summed E-state index contributed by atoms with van der Waals surface area (Å²) in [4.78, 5) is 16.9. The van der Waals surface area contributed by atoms with Crippen LogP contribution in [0, 0.1) is 0 Å². The Labute approximate surface area is 148 Å². The molecule has 2 aliphatic heterocycles. The molecule has 2 aromatic rings. The maximum Gasteiger partial charge on any atom is 0.257 e. The van der Waals surface area contributed by atoms with Crippen LogP contribution < -0.4 is 4.74 Å². The number of aryl methyl sites for hydroxylation is 1. The summed E-state index contributed by atoms with van der Waals surface area (Å²) in [7, 11) is 1.83. The first-order valence-electron chi connectivity index (χ1n) is 8.89. The lowest BCUT2D eigenvalue weighted by molar-refractivity contribution is 0.0582. The summed E-state index contributed by atoms with van der Waals surface area (Å²) >= 11 is 0. The Bertz CT molecular complexity index is 777. The van der Waals surface area contributed by atoms with E-state index in [1.807, 2.05) is 11.9 Å². The highest BCUT2D eigenvalue weighted by molar-refractivity contribution is 5.93. The van der Waals surface area contributed by atoms with Crippen LogP contribution in [0.25, 0.3) is 0 Å². The lowest BCUT2D eigenvalue weighted by Crippen LogP contribution is -2.49. The summed E-state index contributed by atoms with van der Waals surface area (Å²) in [6.07, 6.45) is 4.43. The summed E-state index contributed by atoms with van der Waals surface area (Å²) < 4.78 is 7.36. The maximum absolute atomic E-state index is 12.5. The Hall–Kier alpha value is -2.34. The van der Waals surface area contributed by atoms with Crippen LogP contribution in [-0.4, -0.2) is 58.3 Å². The number of benzene rings is 1. The molecule has 0 spiro atoms. The van der Waals surface area contributed by atoms with Crippen LogP contribution in [0.1, 0.15) is 34.5 Å². The molecule has 0 unspecified atom stereocenters. The van der Waals surface area contributed by atoms with Crippen LogP contribution in [0.15, 0.2) is 30.6 Å². The molecule has 4 rings (SSSR count). The number of fused-ring (bicyclic) bond motifs is 1. The van der Waals surface area contributed by atoms with E-state index < -0.39 is 0 Å². The molecule has 3 heterocycles. The second-order valence-corrected chi connectivity index (χ2v) is 6.87. The molecule has 1 aromatic carbocycles. The Balaban J connectivity index is 1.39. The van der Waals surface area contributed by atoms with Crippen molar-refractivity contribution in [1.82, 2.24) is 19.6 Å². The van der Waals surface area contributed by atoms with Crippen LogP contribution >= 0.6 is 0 Å². The summed E-state index contributed by atoms with van der Waals surface area (Å²) in [5, 5.41) is 4.09. The van der Waals surface area contributed by atoms with Gasteiger partial charge in [-0.1, -0.05) is 12.1 Å². The largest absolute Gasteiger partial charge is 0.493 e. The zero-order valence-electron chi connectivity index (χ0n) is 14.8. The molecule has 1 atom stereocenters. The van der Waals surface area contributed by atoms with E-state index in [4.69, 9.17) is 4.74 Å². The van der Waals surface area contributed by atoms with Crippen molar-refractivity contribution in [2.75, 3.05) is 32.8 Å². The minimum atomic E-state index is 0.0753. The molecule has 6 heteroatoms. The van der Waals surface area contributed by atoms with Gasteiger partial charge in [0.25, 0.3) is 5.91 Å². The van der Waals surface area contributed by atoms with Crippen molar-refractivity contribution in [1.29, 1.82) is 0 Å². The van der Waals surface area contributed by atoms with Gasteiger partial charge >= 0.3 is 0 Å². The van der Waals surface area contributed by atoms with Gasteiger partial charge in [0, 0.05) is 51.9 Å². The van der Waals surface area contributed by atoms with Crippen molar-refractivity contribution in [3.05, 3.63) is 47.3 Å². The van der Waals surface area contributed by atoms with Gasteiger partial charge in [0.15, 0.2) is 0 Å². The Morgan fingerprint density at radius 2 is 2.04 bits per heavy atom. The number of nitrogens with zero attached hydrogens (tertiary/aromatic N) is 4. The number of hydrogen-bond donors (Lipinski definition) is 0. The predicted molar refractivity (Wildman–Crippen MR) is 94.7 cm³/mol. The summed E-state index contributed by atoms with van der Waals surface area (Å²) in [5.74, 6) is 1.11. The monoisotopic (exact) mass is 340 g/mol. The van der Waals surface area contributed by atoms with Gasteiger partial charge in [-0.2, -0.15) is 5.10 Å². The van der Waals surface area contributed by atoms with Gasteiger partial charge in [0.2, 0.25) is 0 Å². The van der Waals surface area contributed by atoms with E-state index in [1.165, 1.54) is 11.1 Å². The first-order valence-corrected chi connectivity index (χ1v) is 8.89. The fourth-order valence-corrected chi connectivity index (χ4v) is 3.68. The van der Waals surface area contributed by atoms with Gasteiger partial charge in [-0.25, -0.2) is 0 Å². The minimum Gasteiger partial charge on any atom is -0.493 e. The second-order valence-electron chi connectivity index (χ2n) is 6.87. The smallest absolute Gasteiger partial charge is 0.257 e. The van der Waals surface area contributed by atoms with Crippen LogP contribution in [0.5, 0.6) is 5.75 Å². The third-order valence-corrected chi connectivity index (χ3v) is 5.30. The zero-order valence-corrected chi connectivity index (χ0v) is 14.8. The molecule has 0 bridgehead atoms. The van der Waals surface area contributed by atoms with Crippen LogP contribution in [0.3, 0.4) is 0 Å². The number of ether oxygens (including phenoxy) is 1. The van der Waals surface area contributed by atoms with Crippen molar-refractivity contribution in [3.63, 3.8) is 0 Å². The van der Waals surface area contributed by atoms with E-state index in [2.05, 4.69) is 35.1 Å². The molecule has 2 aliphatic rings. The van der Waals surface area contributed by atoms with E-state index in [9.17, 15) is 4.79 Å². The molecule has 0 radical (unpaired) electrons. The molecule has 1 fully saturated rings. The number of rotatable bonds is 3. The van der Waals surface area contributed by atoms with Crippen LogP contribution in [-0.2, 0) is 13.5 Å². The molecule has 132 valence electrons. The van der Waals surface area contributed by atoms with Gasteiger partial charge in [0.1, 0.15) is 5.75 Å². The molecule has 25 heavy (non-hydrogen) atoms. The first-order chi connectivity index (χ1) is 12.1. The normalized spacial score (nSPS) is 18.7. The molecule has 1 amide bonds. The maximum atomic E-state index is 12.5. The van der Waals surface area contributed by atoms with Crippen molar-refractivity contribution >= 4 is 5.91 Å². The Kier molecular flexibility index (Phi) is 4.21. The van der Waals surface area contributed by atoms with Gasteiger partial charge in [-0.15, -0.1) is 0 Å². The second kappa shape index (κ2) is 6.52. The molecule has 0 saturated carbocycles. The van der Waals surface area contributed by atoms with E-state index >= 15 is 0 Å². The number of hydrogen-bond acceptors (Lipinski definition) is 4. The summed E-state index contributed by atoms with van der Waals surface area (Å²) in [5.41, 5.74) is 3.26. The van der Waals surface area contributed by atoms with E-state index in [1.54, 1.807) is 17.1 Å². The summed E-state index contributed by atoms with van der Waals surface area (Å²) in [6.45, 7) is 6.28. The van der Waals surface area contributed by atoms with Gasteiger partial charge in [0.05, 0.1) is 18.4 Å². The van der Waals surface area contributed by atoms with Gasteiger partial charge in [-0.05, 0) is 24.1 Å². The topological polar surface area (TPSA) is 50.6 Å². The standard InChI is InChI=1S/C19H24N4O2/c1-14(16-4-3-15-5-10-25-18(15)11-16)22-6-8-23(9-7-22)19(24)17-12-20-21(2)13-17/h3-4,11-14H,5-10H2,1-2H3/t14-/m1/s1. The van der Waals surface area contributed by atoms with E-state index in [0.29, 0.717) is 11.6 Å². The molecular weight excluding hydrogens is 316 g/mol. The number of carbonyl (C=O) groups is 1. The van der Waals surface area contributed by atoms with Crippen molar-refractivity contribution in [3.8, 4) is 5.75 Å². The lowest BCUT2D eigenvalue weighted by atomic mass is 10.0. The lowest BCUT2D eigenvalue weighted by Gasteiger charge is -2.38. The highest BCUT2D eigenvalue weighted by Gasteiger charge is 2.26. The number of piperazine rings is 1. The summed E-state index contributed by atoms with van der Waals surface area (Å²) in [6, 6.07) is 6.91. The predicted octanol–water partition coefficient (Wildman–Crippen LogP) is 1.87. The average Bonchev–Trinajstić information content (AvgIpc) is 3.28. The number of carbonyl (C=O) groups excluding carboxylic acids is 1. The van der Waals surface area contributed by atoms with Crippen LogP contribution in [0.2, 0.25) is 0 Å². The van der Waals surface area contributed by atoms with Gasteiger partial charge < -0.3 is 9.64 Å². The van der Waals surface area contributed by atoms with E-state index in [-0.39, 0.29) is 5.91 Å². The molecule has 1 aromatic heterocycles. The molecule has 0 N–H and O–H groups in total. The zero-order chi connectivity index (χ0) is 17.4. The first kappa shape index (κ1) is 16.1. The minimum absolute atomic E-state index is 0.0753. The fourth-order valence-electron chi connectivity index (χ4n) is 3.68. The molecule has 0 aliphatic carbocycles. The SMILES string of the molecule is C[C@H](c1ccc2c(c1)OCC2)N1CCN(C(=O)c2cnn(C)c2)CC1. The third-order valence-electron chi connectivity index (χ3n) is 5.30. The van der Waals surface area contributed by atoms with E-state index in [0.717, 1.165) is 45.0 Å². The van der Waals surface area contributed by atoms with Crippen molar-refractivity contribution in [2.45, 2.75) is 19.4 Å². The highest BCUT2D eigenvalue weighted by Crippen LogP contribution is 2.31. The molecular formula is C19H24N4O2.